The Kier molecular flexibility index (Phi) is 7.23. The van der Waals surface area contributed by atoms with E-state index in [1.165, 1.54) is 11.1 Å². The maximum Gasteiger partial charge on any atom is 0.492 e. The highest BCUT2D eigenvalue weighted by Gasteiger charge is 2.52. The fraction of sp³-hybridized carbons (Fsp3) is 0.312. The second kappa shape index (κ2) is 10.5. The predicted octanol–water partition coefficient (Wildman–Crippen LogP) is 6.36. The van der Waals surface area contributed by atoms with Gasteiger partial charge in [0.2, 0.25) is 0 Å². The van der Waals surface area contributed by atoms with Crippen LogP contribution in [-0.2, 0) is 14.0 Å². The third-order valence-electron chi connectivity index (χ3n) is 7.95. The van der Waals surface area contributed by atoms with Crippen LogP contribution in [0.1, 0.15) is 66.2 Å². The van der Waals surface area contributed by atoms with Crippen LogP contribution in [0, 0.1) is 6.92 Å². The van der Waals surface area contributed by atoms with Gasteiger partial charge in [-0.15, -0.1) is 0 Å². The predicted molar refractivity (Wildman–Crippen MR) is 154 cm³/mol. The van der Waals surface area contributed by atoms with E-state index in [-0.39, 0.29) is 19.1 Å². The second-order valence-corrected chi connectivity index (χ2v) is 11.3. The van der Waals surface area contributed by atoms with Crippen molar-refractivity contribution in [2.24, 2.45) is 0 Å². The summed E-state index contributed by atoms with van der Waals surface area (Å²) >= 11 is 0. The minimum atomic E-state index is -0.663. The zero-order valence-corrected chi connectivity index (χ0v) is 23.1. The minimum absolute atomic E-state index is 0.0182. The van der Waals surface area contributed by atoms with Gasteiger partial charge in [0.25, 0.3) is 0 Å². The molecule has 3 aromatic rings. The third-order valence-corrected chi connectivity index (χ3v) is 7.95. The SMILES string of the molecule is Cc1cc(C=O)cc(C=C(CNC(=O)OCC2c3ccccc3-c3ccccc32)B2OC(C)(C)C(C)(C)O2)c1. The average Bonchev–Trinajstić information content (AvgIpc) is 3.33. The summed E-state index contributed by atoms with van der Waals surface area (Å²) in [5.74, 6) is -0.0182. The van der Waals surface area contributed by atoms with Crippen LogP contribution in [-0.4, -0.2) is 43.9 Å². The molecular weight excluding hydrogens is 489 g/mol. The van der Waals surface area contributed by atoms with Crippen molar-refractivity contribution >= 4 is 25.6 Å². The summed E-state index contributed by atoms with van der Waals surface area (Å²) in [6, 6.07) is 22.1. The van der Waals surface area contributed by atoms with Gasteiger partial charge in [-0.05, 0) is 85.6 Å². The van der Waals surface area contributed by atoms with Crippen LogP contribution in [0.4, 0.5) is 4.79 Å². The van der Waals surface area contributed by atoms with Gasteiger partial charge in [0.1, 0.15) is 12.9 Å². The summed E-state index contributed by atoms with van der Waals surface area (Å²) in [5, 5.41) is 2.89. The van der Waals surface area contributed by atoms with Gasteiger partial charge in [0, 0.05) is 18.0 Å². The molecule has 0 atom stereocenters. The molecule has 1 aliphatic heterocycles. The molecule has 1 aliphatic carbocycles. The number of hydrogen-bond acceptors (Lipinski definition) is 5. The molecule has 1 amide bonds. The van der Waals surface area contributed by atoms with Crippen molar-refractivity contribution in [1.29, 1.82) is 0 Å². The van der Waals surface area contributed by atoms with E-state index < -0.39 is 24.4 Å². The van der Waals surface area contributed by atoms with Gasteiger partial charge in [-0.3, -0.25) is 4.79 Å². The van der Waals surface area contributed by atoms with Gasteiger partial charge in [0.05, 0.1) is 11.2 Å². The summed E-state index contributed by atoms with van der Waals surface area (Å²) in [7, 11) is -0.663. The molecule has 0 spiro atoms. The lowest BCUT2D eigenvalue weighted by Crippen LogP contribution is -2.41. The first kappa shape index (κ1) is 26.9. The quantitative estimate of drug-likeness (QED) is 0.288. The molecule has 39 heavy (non-hydrogen) atoms. The van der Waals surface area contributed by atoms with E-state index in [1.807, 2.05) is 77.1 Å². The van der Waals surface area contributed by atoms with Crippen LogP contribution in [0.2, 0.25) is 0 Å². The lowest BCUT2D eigenvalue weighted by molar-refractivity contribution is 0.00578. The highest BCUT2D eigenvalue weighted by molar-refractivity contribution is 6.56. The van der Waals surface area contributed by atoms with Gasteiger partial charge in [-0.2, -0.15) is 0 Å². The molecule has 7 heteroatoms. The van der Waals surface area contributed by atoms with Crippen LogP contribution in [0.25, 0.3) is 17.2 Å². The van der Waals surface area contributed by atoms with Crippen LogP contribution < -0.4 is 5.32 Å². The summed E-state index contributed by atoms with van der Waals surface area (Å²) in [6.07, 6.45) is 2.22. The number of nitrogens with one attached hydrogen (secondary N) is 1. The van der Waals surface area contributed by atoms with E-state index in [9.17, 15) is 9.59 Å². The normalized spacial score (nSPS) is 17.5. The molecule has 1 N–H and O–H groups in total. The van der Waals surface area contributed by atoms with Gasteiger partial charge in [-0.25, -0.2) is 4.79 Å². The lowest BCUT2D eigenvalue weighted by atomic mass is 9.77. The Labute approximate surface area is 230 Å². The largest absolute Gasteiger partial charge is 0.492 e. The molecule has 0 unspecified atom stereocenters. The number of aldehydes is 1. The molecule has 1 saturated heterocycles. The number of hydrogen-bond donors (Lipinski definition) is 1. The van der Waals surface area contributed by atoms with Gasteiger partial charge in [0.15, 0.2) is 0 Å². The van der Waals surface area contributed by atoms with Crippen molar-refractivity contribution in [2.45, 2.75) is 51.7 Å². The molecule has 0 radical (unpaired) electrons. The van der Waals surface area contributed by atoms with Crippen LogP contribution in [0.3, 0.4) is 0 Å². The monoisotopic (exact) mass is 523 g/mol. The number of benzene rings is 3. The van der Waals surface area contributed by atoms with Gasteiger partial charge < -0.3 is 19.4 Å². The summed E-state index contributed by atoms with van der Waals surface area (Å²) < 4.78 is 18.3. The highest BCUT2D eigenvalue weighted by Crippen LogP contribution is 2.44. The second-order valence-electron chi connectivity index (χ2n) is 11.3. The van der Waals surface area contributed by atoms with Crippen LogP contribution >= 0.6 is 0 Å². The Hall–Kier alpha value is -3.68. The number of alkyl carbamates (subject to hydrolysis) is 1. The number of fused-ring (bicyclic) bond motifs is 3. The molecule has 0 saturated carbocycles. The Balaban J connectivity index is 1.32. The lowest BCUT2D eigenvalue weighted by Gasteiger charge is -2.32. The smallest absolute Gasteiger partial charge is 0.449 e. The minimum Gasteiger partial charge on any atom is -0.449 e. The molecule has 5 rings (SSSR count). The van der Waals surface area contributed by atoms with Gasteiger partial charge in [-0.1, -0.05) is 60.7 Å². The summed E-state index contributed by atoms with van der Waals surface area (Å²) in [5.41, 5.74) is 6.71. The van der Waals surface area contributed by atoms with Crippen molar-refractivity contribution in [3.63, 3.8) is 0 Å². The zero-order valence-electron chi connectivity index (χ0n) is 23.1. The topological polar surface area (TPSA) is 73.9 Å². The Morgan fingerprint density at radius 3 is 2.08 bits per heavy atom. The van der Waals surface area contributed by atoms with E-state index in [4.69, 9.17) is 14.0 Å². The Morgan fingerprint density at radius 1 is 0.923 bits per heavy atom. The standard InChI is InChI=1S/C32H34BNO5/c1-21-14-22(16-23(15-21)19-35)17-24(33-38-31(2,3)32(4,5)39-33)18-34-30(36)37-20-29-27-12-8-6-10-25(27)26-11-7-9-13-28(26)29/h6-17,19,29H,18,20H2,1-5H3,(H,34,36). The first-order chi connectivity index (χ1) is 18.6. The summed E-state index contributed by atoms with van der Waals surface area (Å²) in [4.78, 5) is 24.3. The molecule has 3 aromatic carbocycles. The van der Waals surface area contributed by atoms with E-state index >= 15 is 0 Å². The van der Waals surface area contributed by atoms with Gasteiger partial charge >= 0.3 is 13.2 Å². The molecule has 6 nitrogen and oxygen atoms in total. The maximum atomic E-state index is 12.9. The first-order valence-electron chi connectivity index (χ1n) is 13.3. The molecule has 0 aromatic heterocycles. The fourth-order valence-corrected chi connectivity index (χ4v) is 5.23. The van der Waals surface area contributed by atoms with E-state index in [2.05, 4.69) is 29.6 Å². The van der Waals surface area contributed by atoms with Crippen LogP contribution in [0.5, 0.6) is 0 Å². The number of aryl methyl sites for hydroxylation is 1. The first-order valence-corrected chi connectivity index (χ1v) is 13.3. The summed E-state index contributed by atoms with van der Waals surface area (Å²) in [6.45, 7) is 10.3. The Bertz CT molecular complexity index is 1380. The highest BCUT2D eigenvalue weighted by atomic mass is 16.7. The van der Waals surface area contributed by atoms with Crippen molar-refractivity contribution in [3.05, 3.63) is 100 Å². The van der Waals surface area contributed by atoms with Crippen molar-refractivity contribution in [3.8, 4) is 11.1 Å². The fourth-order valence-electron chi connectivity index (χ4n) is 5.23. The third kappa shape index (κ3) is 5.42. The average molecular weight is 523 g/mol. The molecule has 1 heterocycles. The van der Waals surface area contributed by atoms with Crippen LogP contribution in [0.15, 0.2) is 72.2 Å². The maximum absolute atomic E-state index is 12.9. The van der Waals surface area contributed by atoms with E-state index in [0.717, 1.165) is 34.0 Å². The van der Waals surface area contributed by atoms with Crippen molar-refractivity contribution in [1.82, 2.24) is 5.32 Å². The molecular formula is C32H34BNO5. The number of rotatable bonds is 7. The molecule has 200 valence electrons. The molecule has 0 bridgehead atoms. The zero-order chi connectivity index (χ0) is 27.8. The molecule has 2 aliphatic rings. The van der Waals surface area contributed by atoms with E-state index in [0.29, 0.717) is 5.56 Å². The molecule has 1 fully saturated rings. The Morgan fingerprint density at radius 2 is 1.49 bits per heavy atom. The van der Waals surface area contributed by atoms with E-state index in [1.54, 1.807) is 6.07 Å². The van der Waals surface area contributed by atoms with Crippen molar-refractivity contribution in [2.75, 3.05) is 13.2 Å². The number of carbonyl (C=O) groups is 2. The number of carbonyl (C=O) groups excluding carboxylic acids is 2. The van der Waals surface area contributed by atoms with Crippen molar-refractivity contribution < 1.29 is 23.6 Å². The number of amides is 1. The number of ether oxygens (including phenoxy) is 1.